The molecule has 0 radical (unpaired) electrons. The molecular formula is C12H20N2O5. The van der Waals surface area contributed by atoms with Gasteiger partial charge in [0, 0.05) is 5.92 Å². The third-order valence-corrected chi connectivity index (χ3v) is 2.35. The van der Waals surface area contributed by atoms with Crippen LogP contribution in [-0.2, 0) is 14.4 Å². The molecule has 108 valence electrons. The van der Waals surface area contributed by atoms with Gasteiger partial charge in [-0.1, -0.05) is 5.16 Å². The fraction of sp³-hybridized carbons (Fsp3) is 0.750. The number of carboxylic acids is 1. The molecule has 0 aliphatic heterocycles. The summed E-state index contributed by atoms with van der Waals surface area (Å²) >= 11 is 0. The zero-order valence-corrected chi connectivity index (χ0v) is 11.4. The Bertz CT molecular complexity index is 358. The lowest BCUT2D eigenvalue weighted by molar-refractivity contribution is -0.129. The molecule has 0 aromatic rings. The molecule has 0 heterocycles. The smallest absolute Gasteiger partial charge is 0.407 e. The molecule has 7 nitrogen and oxygen atoms in total. The van der Waals surface area contributed by atoms with Crippen LogP contribution < -0.4 is 5.32 Å². The number of aliphatic carboxylic acids is 1. The van der Waals surface area contributed by atoms with E-state index in [1.807, 2.05) is 0 Å². The minimum Gasteiger partial charge on any atom is -0.477 e. The minimum atomic E-state index is -1.17. The second-order valence-electron chi connectivity index (χ2n) is 5.44. The van der Waals surface area contributed by atoms with Crippen molar-refractivity contribution in [1.82, 2.24) is 5.32 Å². The molecular weight excluding hydrogens is 252 g/mol. The van der Waals surface area contributed by atoms with Gasteiger partial charge in [0.05, 0.1) is 6.54 Å². The Balaban J connectivity index is 2.34. The van der Waals surface area contributed by atoms with Gasteiger partial charge in [0.1, 0.15) is 11.7 Å². The van der Waals surface area contributed by atoms with Crippen molar-refractivity contribution in [2.24, 2.45) is 11.1 Å². The summed E-state index contributed by atoms with van der Waals surface area (Å²) in [5, 5.41) is 14.4. The molecule has 2 N–H and O–H groups in total. The third-order valence-electron chi connectivity index (χ3n) is 2.35. The summed E-state index contributed by atoms with van der Waals surface area (Å²) in [6.45, 7) is 5.58. The molecule has 7 heteroatoms. The van der Waals surface area contributed by atoms with Crippen LogP contribution in [0.25, 0.3) is 0 Å². The number of hydrogen-bond donors (Lipinski definition) is 2. The maximum Gasteiger partial charge on any atom is 0.407 e. The topological polar surface area (TPSA) is 97.2 Å². The molecule has 0 aromatic heterocycles. The molecule has 1 amide bonds. The Morgan fingerprint density at radius 1 is 1.47 bits per heavy atom. The average molecular weight is 272 g/mol. The lowest BCUT2D eigenvalue weighted by Gasteiger charge is -2.21. The van der Waals surface area contributed by atoms with Crippen molar-refractivity contribution in [3.63, 3.8) is 0 Å². The fourth-order valence-electron chi connectivity index (χ4n) is 1.41. The van der Waals surface area contributed by atoms with Gasteiger partial charge in [0.2, 0.25) is 0 Å². The highest BCUT2D eigenvalue weighted by Gasteiger charge is 2.33. The van der Waals surface area contributed by atoms with Crippen LogP contribution in [0.15, 0.2) is 5.16 Å². The van der Waals surface area contributed by atoms with E-state index < -0.39 is 17.7 Å². The van der Waals surface area contributed by atoms with E-state index in [-0.39, 0.29) is 12.6 Å². The summed E-state index contributed by atoms with van der Waals surface area (Å²) < 4.78 is 5.09. The summed E-state index contributed by atoms with van der Waals surface area (Å²) in [6, 6.07) is 0. The van der Waals surface area contributed by atoms with Crippen LogP contribution in [-0.4, -0.2) is 41.6 Å². The molecule has 19 heavy (non-hydrogen) atoms. The third kappa shape index (κ3) is 7.28. The molecule has 0 bridgehead atoms. The molecule has 0 saturated heterocycles. The van der Waals surface area contributed by atoms with Crippen LogP contribution in [0, 0.1) is 5.92 Å². The maximum absolute atomic E-state index is 11.5. The second-order valence-corrected chi connectivity index (χ2v) is 5.44. The number of carbonyl (C=O) groups excluding carboxylic acids is 1. The van der Waals surface area contributed by atoms with Crippen molar-refractivity contribution >= 4 is 18.3 Å². The molecule has 1 unspecified atom stereocenters. The van der Waals surface area contributed by atoms with Gasteiger partial charge in [-0.2, -0.15) is 0 Å². The number of alkyl carbamates (subject to hydrolysis) is 1. The molecule has 0 spiro atoms. The number of hydrogen-bond acceptors (Lipinski definition) is 5. The first-order valence-electron chi connectivity index (χ1n) is 6.17. The van der Waals surface area contributed by atoms with Crippen LogP contribution in [0.2, 0.25) is 0 Å². The van der Waals surface area contributed by atoms with E-state index in [1.165, 1.54) is 0 Å². The van der Waals surface area contributed by atoms with Crippen LogP contribution in [0.1, 0.15) is 33.6 Å². The van der Waals surface area contributed by atoms with Crippen molar-refractivity contribution in [2.75, 3.05) is 6.54 Å². The van der Waals surface area contributed by atoms with Crippen molar-refractivity contribution in [1.29, 1.82) is 0 Å². The fourth-order valence-corrected chi connectivity index (χ4v) is 1.41. The van der Waals surface area contributed by atoms with Crippen LogP contribution >= 0.6 is 0 Å². The summed E-state index contributed by atoms with van der Waals surface area (Å²) in [5.41, 5.74) is -0.554. The number of nitrogens with zero attached hydrogens (tertiary/aromatic N) is 1. The Morgan fingerprint density at radius 2 is 2.11 bits per heavy atom. The van der Waals surface area contributed by atoms with E-state index >= 15 is 0 Å². The second kappa shape index (κ2) is 6.40. The Labute approximate surface area is 111 Å². The largest absolute Gasteiger partial charge is 0.477 e. The molecule has 1 saturated carbocycles. The predicted molar refractivity (Wildman–Crippen MR) is 68.0 cm³/mol. The minimum absolute atomic E-state index is 0.247. The van der Waals surface area contributed by atoms with E-state index in [0.717, 1.165) is 12.8 Å². The zero-order valence-electron chi connectivity index (χ0n) is 11.4. The molecule has 1 aliphatic carbocycles. The monoisotopic (exact) mass is 272 g/mol. The van der Waals surface area contributed by atoms with E-state index in [0.29, 0.717) is 12.1 Å². The highest BCUT2D eigenvalue weighted by molar-refractivity contribution is 6.21. The Morgan fingerprint density at radius 3 is 2.58 bits per heavy atom. The van der Waals surface area contributed by atoms with Crippen LogP contribution in [0.3, 0.4) is 0 Å². The first-order valence-corrected chi connectivity index (χ1v) is 6.17. The zero-order chi connectivity index (χ0) is 14.5. The van der Waals surface area contributed by atoms with Gasteiger partial charge >= 0.3 is 12.1 Å². The molecule has 0 aromatic carbocycles. The van der Waals surface area contributed by atoms with Crippen molar-refractivity contribution in [3.8, 4) is 0 Å². The Kier molecular flexibility index (Phi) is 5.14. The van der Waals surface area contributed by atoms with Crippen molar-refractivity contribution < 1.29 is 24.3 Å². The SMILES string of the molecule is CC(C)(C)OC(=O)NCC(ON=CC(=O)O)C1CC1. The van der Waals surface area contributed by atoms with E-state index in [1.54, 1.807) is 20.8 Å². The highest BCUT2D eigenvalue weighted by Crippen LogP contribution is 2.34. The first kappa shape index (κ1) is 15.3. The Hall–Kier alpha value is -1.79. The number of ether oxygens (including phenoxy) is 1. The molecule has 1 fully saturated rings. The molecule has 1 rings (SSSR count). The summed E-state index contributed by atoms with van der Waals surface area (Å²) in [7, 11) is 0. The van der Waals surface area contributed by atoms with Gasteiger partial charge in [-0.3, -0.25) is 0 Å². The maximum atomic E-state index is 11.5. The number of carbonyl (C=O) groups is 2. The van der Waals surface area contributed by atoms with Gasteiger partial charge in [-0.05, 0) is 33.6 Å². The summed E-state index contributed by atoms with van der Waals surface area (Å²) in [5.74, 6) is -0.865. The number of amides is 1. The van der Waals surface area contributed by atoms with Gasteiger partial charge in [0.25, 0.3) is 0 Å². The molecule has 1 atom stereocenters. The van der Waals surface area contributed by atoms with Crippen LogP contribution in [0.5, 0.6) is 0 Å². The van der Waals surface area contributed by atoms with E-state index in [2.05, 4.69) is 10.5 Å². The quantitative estimate of drug-likeness (QED) is 0.562. The first-order chi connectivity index (χ1) is 8.78. The van der Waals surface area contributed by atoms with Gasteiger partial charge in [0.15, 0.2) is 6.21 Å². The van der Waals surface area contributed by atoms with Gasteiger partial charge in [-0.15, -0.1) is 0 Å². The summed E-state index contributed by atoms with van der Waals surface area (Å²) in [6.07, 6.45) is 1.82. The van der Waals surface area contributed by atoms with E-state index in [9.17, 15) is 9.59 Å². The van der Waals surface area contributed by atoms with Crippen LogP contribution in [0.4, 0.5) is 4.79 Å². The lowest BCUT2D eigenvalue weighted by atomic mass is 10.2. The highest BCUT2D eigenvalue weighted by atomic mass is 16.6. The normalized spacial score (nSPS) is 17.0. The standard InChI is InChI=1S/C12H20N2O5/c1-12(2,3)18-11(17)13-6-9(8-4-5-8)19-14-7-10(15)16/h7-9H,4-6H2,1-3H3,(H,13,17)(H,15,16). The number of nitrogens with one attached hydrogen (secondary N) is 1. The number of rotatable bonds is 6. The van der Waals surface area contributed by atoms with Gasteiger partial charge < -0.3 is 20.0 Å². The lowest BCUT2D eigenvalue weighted by Crippen LogP contribution is -2.38. The van der Waals surface area contributed by atoms with Gasteiger partial charge in [-0.25, -0.2) is 9.59 Å². The molecule has 1 aliphatic rings. The van der Waals surface area contributed by atoms with Crippen molar-refractivity contribution in [3.05, 3.63) is 0 Å². The number of oxime groups is 1. The van der Waals surface area contributed by atoms with E-state index in [4.69, 9.17) is 14.7 Å². The predicted octanol–water partition coefficient (Wildman–Crippen LogP) is 1.38. The summed E-state index contributed by atoms with van der Waals surface area (Å²) in [4.78, 5) is 26.8. The average Bonchev–Trinajstić information content (AvgIpc) is 3.03. The van der Waals surface area contributed by atoms with Crippen molar-refractivity contribution in [2.45, 2.75) is 45.3 Å². The number of carboxylic acid groups (broad SMARTS) is 1.